The van der Waals surface area contributed by atoms with Gasteiger partial charge in [0.2, 0.25) is 0 Å². The first kappa shape index (κ1) is 18.1. The Bertz CT molecular complexity index is 754. The fourth-order valence-corrected chi connectivity index (χ4v) is 5.78. The minimum Gasteiger partial charge on any atom is -0.510 e. The minimum absolute atomic E-state index is 0.0664. The quantitative estimate of drug-likeness (QED) is 0.480. The first-order valence-corrected chi connectivity index (χ1v) is 9.06. The van der Waals surface area contributed by atoms with Gasteiger partial charge in [0.15, 0.2) is 17.3 Å². The highest BCUT2D eigenvalue weighted by Crippen LogP contribution is 2.72. The Morgan fingerprint density at radius 1 is 1.20 bits per heavy atom. The standard InChI is InChI=1S/C21H28O4/c1-10(2)12-8-21-13(19(12,5)6)9-20(7,18(21)25)16(23)14(17(21)24)15(22)11(3)4/h11-13,24H,1,8-9H2,2-7H3/t12-,13-,20-,21+/m1/s1. The number of carbonyl (C=O) groups excluding carboxylic acids is 3. The van der Waals surface area contributed by atoms with Gasteiger partial charge in [0, 0.05) is 5.92 Å². The van der Waals surface area contributed by atoms with Gasteiger partial charge >= 0.3 is 0 Å². The van der Waals surface area contributed by atoms with Crippen molar-refractivity contribution in [3.8, 4) is 0 Å². The molecule has 136 valence electrons. The van der Waals surface area contributed by atoms with Crippen molar-refractivity contribution in [1.82, 2.24) is 0 Å². The van der Waals surface area contributed by atoms with E-state index in [9.17, 15) is 19.5 Å². The van der Waals surface area contributed by atoms with Crippen LogP contribution in [0.5, 0.6) is 0 Å². The predicted octanol–water partition coefficient (Wildman–Crippen LogP) is 3.81. The summed E-state index contributed by atoms with van der Waals surface area (Å²) in [5.41, 5.74) is -1.74. The molecule has 3 aliphatic carbocycles. The third-order valence-electron chi connectivity index (χ3n) is 7.19. The fourth-order valence-electron chi connectivity index (χ4n) is 5.78. The zero-order chi connectivity index (χ0) is 19.1. The number of Topliss-reactive ketones (excluding diaryl/α,β-unsaturated/α-hetero) is 3. The van der Waals surface area contributed by atoms with Gasteiger partial charge in [-0.15, -0.1) is 0 Å². The zero-order valence-corrected chi connectivity index (χ0v) is 16.0. The monoisotopic (exact) mass is 344 g/mol. The normalized spacial score (nSPS) is 39.2. The Morgan fingerprint density at radius 2 is 1.76 bits per heavy atom. The highest BCUT2D eigenvalue weighted by molar-refractivity contribution is 6.32. The lowest BCUT2D eigenvalue weighted by atomic mass is 9.65. The molecular formula is C21H28O4. The molecule has 2 saturated carbocycles. The molecule has 0 aromatic carbocycles. The van der Waals surface area contributed by atoms with Crippen molar-refractivity contribution >= 4 is 17.3 Å². The molecule has 0 amide bonds. The van der Waals surface area contributed by atoms with Crippen LogP contribution in [0, 0.1) is 34.0 Å². The summed E-state index contributed by atoms with van der Waals surface area (Å²) in [6.45, 7) is 15.3. The van der Waals surface area contributed by atoms with Crippen LogP contribution in [0.2, 0.25) is 0 Å². The van der Waals surface area contributed by atoms with Crippen LogP contribution in [0.3, 0.4) is 0 Å². The van der Waals surface area contributed by atoms with Gasteiger partial charge in [-0.25, -0.2) is 0 Å². The van der Waals surface area contributed by atoms with Crippen LogP contribution in [-0.2, 0) is 14.4 Å². The van der Waals surface area contributed by atoms with Crippen LogP contribution in [0.4, 0.5) is 0 Å². The number of aliphatic hydroxyl groups is 1. The van der Waals surface area contributed by atoms with E-state index >= 15 is 0 Å². The first-order valence-electron chi connectivity index (χ1n) is 9.06. The van der Waals surface area contributed by atoms with Crippen LogP contribution in [-0.4, -0.2) is 22.5 Å². The van der Waals surface area contributed by atoms with Crippen molar-refractivity contribution in [3.63, 3.8) is 0 Å². The van der Waals surface area contributed by atoms with Crippen LogP contribution in [0.1, 0.15) is 54.4 Å². The average molecular weight is 344 g/mol. The van der Waals surface area contributed by atoms with Crippen molar-refractivity contribution in [1.29, 1.82) is 0 Å². The molecule has 1 spiro atoms. The van der Waals surface area contributed by atoms with E-state index in [0.29, 0.717) is 12.8 Å². The second-order valence-electron chi connectivity index (χ2n) is 9.39. The highest BCUT2D eigenvalue weighted by Gasteiger charge is 2.76. The van der Waals surface area contributed by atoms with Crippen molar-refractivity contribution in [3.05, 3.63) is 23.5 Å². The molecule has 0 aromatic heterocycles. The van der Waals surface area contributed by atoms with Crippen molar-refractivity contribution in [2.45, 2.75) is 54.4 Å². The SMILES string of the molecule is C=C(C)[C@H]1C[C@]23C(=O)[C@](C)(C[C@@H]2C1(C)C)C(=O)C(C(=O)C(C)C)=C3O. The van der Waals surface area contributed by atoms with E-state index in [1.165, 1.54) is 0 Å². The van der Waals surface area contributed by atoms with E-state index in [4.69, 9.17) is 0 Å². The Kier molecular flexibility index (Phi) is 3.56. The largest absolute Gasteiger partial charge is 0.510 e. The molecule has 2 fully saturated rings. The van der Waals surface area contributed by atoms with E-state index in [-0.39, 0.29) is 40.1 Å². The van der Waals surface area contributed by atoms with Gasteiger partial charge in [-0.05, 0) is 43.9 Å². The number of hydrogen-bond acceptors (Lipinski definition) is 4. The summed E-state index contributed by atoms with van der Waals surface area (Å²) in [4.78, 5) is 39.1. The Morgan fingerprint density at radius 3 is 2.24 bits per heavy atom. The van der Waals surface area contributed by atoms with E-state index in [1.54, 1.807) is 20.8 Å². The smallest absolute Gasteiger partial charge is 0.183 e. The molecule has 1 N–H and O–H groups in total. The van der Waals surface area contributed by atoms with Gasteiger partial charge in [0.05, 0.1) is 10.8 Å². The number of rotatable bonds is 3. The van der Waals surface area contributed by atoms with Gasteiger partial charge < -0.3 is 5.11 Å². The summed E-state index contributed by atoms with van der Waals surface area (Å²) in [6.07, 6.45) is 0.822. The average Bonchev–Trinajstić information content (AvgIpc) is 2.85. The van der Waals surface area contributed by atoms with Gasteiger partial charge in [-0.1, -0.05) is 39.8 Å². The third-order valence-corrected chi connectivity index (χ3v) is 7.19. The van der Waals surface area contributed by atoms with E-state index in [1.807, 2.05) is 6.92 Å². The predicted molar refractivity (Wildman–Crippen MR) is 94.9 cm³/mol. The molecule has 4 atom stereocenters. The molecule has 0 saturated heterocycles. The number of hydrogen-bond donors (Lipinski definition) is 1. The van der Waals surface area contributed by atoms with Crippen LogP contribution in [0.25, 0.3) is 0 Å². The lowest BCUT2D eigenvalue weighted by molar-refractivity contribution is -0.143. The molecule has 0 aromatic rings. The Labute approximate surface area is 149 Å². The van der Waals surface area contributed by atoms with Crippen LogP contribution >= 0.6 is 0 Å². The molecule has 4 nitrogen and oxygen atoms in total. The van der Waals surface area contributed by atoms with E-state index in [2.05, 4.69) is 20.4 Å². The van der Waals surface area contributed by atoms with Gasteiger partial charge in [-0.2, -0.15) is 0 Å². The molecule has 3 aliphatic rings. The Balaban J connectivity index is 2.31. The van der Waals surface area contributed by atoms with E-state index < -0.39 is 22.5 Å². The molecule has 4 heteroatoms. The molecular weight excluding hydrogens is 316 g/mol. The maximum absolute atomic E-state index is 13.4. The highest BCUT2D eigenvalue weighted by atomic mass is 16.3. The van der Waals surface area contributed by atoms with Crippen molar-refractivity contribution in [2.24, 2.45) is 34.0 Å². The summed E-state index contributed by atoms with van der Waals surface area (Å²) in [5.74, 6) is -1.83. The number of ketones is 3. The van der Waals surface area contributed by atoms with Crippen LogP contribution in [0.15, 0.2) is 23.5 Å². The van der Waals surface area contributed by atoms with Crippen molar-refractivity contribution in [2.75, 3.05) is 0 Å². The van der Waals surface area contributed by atoms with Gasteiger partial charge in [0.25, 0.3) is 0 Å². The molecule has 25 heavy (non-hydrogen) atoms. The maximum atomic E-state index is 13.4. The topological polar surface area (TPSA) is 71.4 Å². The lowest BCUT2D eigenvalue weighted by Gasteiger charge is -2.36. The number of allylic oxidation sites excluding steroid dienone is 3. The summed E-state index contributed by atoms with van der Waals surface area (Å²) in [6, 6.07) is 0. The molecule has 0 radical (unpaired) electrons. The second kappa shape index (κ2) is 4.93. The number of carbonyl (C=O) groups is 3. The van der Waals surface area contributed by atoms with Gasteiger partial charge in [0.1, 0.15) is 11.3 Å². The summed E-state index contributed by atoms with van der Waals surface area (Å²) in [5, 5.41) is 11.1. The molecule has 3 rings (SSSR count). The zero-order valence-electron chi connectivity index (χ0n) is 16.0. The van der Waals surface area contributed by atoms with E-state index in [0.717, 1.165) is 5.57 Å². The molecule has 0 heterocycles. The van der Waals surface area contributed by atoms with Gasteiger partial charge in [-0.3, -0.25) is 14.4 Å². The van der Waals surface area contributed by atoms with Crippen molar-refractivity contribution < 1.29 is 19.5 Å². The molecule has 0 aliphatic heterocycles. The second-order valence-corrected chi connectivity index (χ2v) is 9.39. The maximum Gasteiger partial charge on any atom is 0.183 e. The number of fused-ring (bicyclic) bond motifs is 1. The summed E-state index contributed by atoms with van der Waals surface area (Å²) in [7, 11) is 0. The lowest BCUT2D eigenvalue weighted by Crippen LogP contribution is -2.48. The summed E-state index contributed by atoms with van der Waals surface area (Å²) < 4.78 is 0. The number of aliphatic hydroxyl groups excluding tert-OH is 1. The van der Waals surface area contributed by atoms with Crippen LogP contribution < -0.4 is 0 Å². The fraction of sp³-hybridized carbons (Fsp3) is 0.667. The third kappa shape index (κ3) is 1.86. The Hall–Kier alpha value is -1.71. The minimum atomic E-state index is -1.20. The molecule has 2 bridgehead atoms. The molecule has 0 unspecified atom stereocenters. The summed E-state index contributed by atoms with van der Waals surface area (Å²) >= 11 is 0. The first-order chi connectivity index (χ1) is 11.3.